The number of hydrogen-bond donors (Lipinski definition) is 1. The molecule has 2 aliphatic carbocycles. The first kappa shape index (κ1) is 9.50. The van der Waals surface area contributed by atoms with Crippen molar-refractivity contribution in [1.29, 1.82) is 0 Å². The van der Waals surface area contributed by atoms with Gasteiger partial charge in [-0.3, -0.25) is 0 Å². The zero-order valence-corrected chi connectivity index (χ0v) is 9.76. The van der Waals surface area contributed by atoms with Crippen LogP contribution in [-0.4, -0.2) is 16.2 Å². The molecule has 2 rings (SSSR count). The SMILES string of the molecule is C[C@]12CC[C@@H](C/C1=N/O)[C@]2(C)CBr. The minimum atomic E-state index is 0.135. The van der Waals surface area contributed by atoms with Crippen LogP contribution in [0, 0.1) is 16.7 Å². The fourth-order valence-corrected chi connectivity index (χ4v) is 4.26. The van der Waals surface area contributed by atoms with Crippen molar-refractivity contribution in [1.82, 2.24) is 0 Å². The Kier molecular flexibility index (Phi) is 1.99. The molecule has 0 aliphatic heterocycles. The van der Waals surface area contributed by atoms with E-state index in [1.54, 1.807) is 0 Å². The average molecular weight is 246 g/mol. The van der Waals surface area contributed by atoms with Gasteiger partial charge < -0.3 is 5.21 Å². The molecule has 2 saturated carbocycles. The van der Waals surface area contributed by atoms with Gasteiger partial charge in [0.25, 0.3) is 0 Å². The lowest BCUT2D eigenvalue weighted by molar-refractivity contribution is 0.199. The molecule has 2 fully saturated rings. The Balaban J connectivity index is 2.45. The Morgan fingerprint density at radius 2 is 2.31 bits per heavy atom. The molecule has 13 heavy (non-hydrogen) atoms. The van der Waals surface area contributed by atoms with E-state index in [2.05, 4.69) is 34.9 Å². The van der Waals surface area contributed by atoms with Gasteiger partial charge in [-0.1, -0.05) is 34.9 Å². The molecule has 3 atom stereocenters. The summed E-state index contributed by atoms with van der Waals surface area (Å²) < 4.78 is 0. The van der Waals surface area contributed by atoms with Crippen LogP contribution in [0.2, 0.25) is 0 Å². The monoisotopic (exact) mass is 245 g/mol. The maximum atomic E-state index is 8.95. The second-order valence-corrected chi connectivity index (χ2v) is 5.43. The lowest BCUT2D eigenvalue weighted by atomic mass is 9.70. The molecule has 0 aromatic heterocycles. The van der Waals surface area contributed by atoms with Crippen LogP contribution in [0.5, 0.6) is 0 Å². The molecule has 0 unspecified atom stereocenters. The largest absolute Gasteiger partial charge is 0.411 e. The van der Waals surface area contributed by atoms with Crippen LogP contribution >= 0.6 is 15.9 Å². The maximum Gasteiger partial charge on any atom is 0.0638 e. The number of alkyl halides is 1. The summed E-state index contributed by atoms with van der Waals surface area (Å²) in [5, 5.41) is 13.4. The first-order chi connectivity index (χ1) is 6.08. The van der Waals surface area contributed by atoms with Crippen LogP contribution in [0.1, 0.15) is 33.1 Å². The van der Waals surface area contributed by atoms with Crippen LogP contribution in [0.25, 0.3) is 0 Å². The second kappa shape index (κ2) is 2.72. The van der Waals surface area contributed by atoms with Crippen LogP contribution in [0.4, 0.5) is 0 Å². The topological polar surface area (TPSA) is 32.6 Å². The minimum Gasteiger partial charge on any atom is -0.411 e. The third-order valence-corrected chi connectivity index (χ3v) is 5.79. The van der Waals surface area contributed by atoms with E-state index in [-0.39, 0.29) is 5.41 Å². The van der Waals surface area contributed by atoms with Gasteiger partial charge >= 0.3 is 0 Å². The molecule has 1 N–H and O–H groups in total. The summed E-state index contributed by atoms with van der Waals surface area (Å²) in [7, 11) is 0. The van der Waals surface area contributed by atoms with Gasteiger partial charge in [0.1, 0.15) is 0 Å². The molecular formula is C10H16BrNO. The second-order valence-electron chi connectivity index (χ2n) is 4.87. The van der Waals surface area contributed by atoms with E-state index in [1.807, 2.05) is 0 Å². The summed E-state index contributed by atoms with van der Waals surface area (Å²) in [6.07, 6.45) is 3.46. The highest BCUT2D eigenvalue weighted by atomic mass is 79.9. The highest BCUT2D eigenvalue weighted by Gasteiger charge is 2.62. The van der Waals surface area contributed by atoms with Crippen molar-refractivity contribution < 1.29 is 5.21 Å². The molecule has 0 aromatic rings. The van der Waals surface area contributed by atoms with Gasteiger partial charge in [-0.15, -0.1) is 0 Å². The number of nitrogens with zero attached hydrogens (tertiary/aromatic N) is 1. The van der Waals surface area contributed by atoms with Crippen molar-refractivity contribution >= 4 is 21.6 Å². The van der Waals surface area contributed by atoms with E-state index in [0.717, 1.165) is 17.5 Å². The highest BCUT2D eigenvalue weighted by Crippen LogP contribution is 2.64. The van der Waals surface area contributed by atoms with E-state index >= 15 is 0 Å². The Morgan fingerprint density at radius 3 is 2.69 bits per heavy atom. The standard InChI is InChI=1S/C10H16BrNO/c1-9-4-3-7(5-8(9)12-13)10(9,2)6-11/h7,13H,3-6H2,1-2H3/b12-8-/t7-,9-,10-/m0/s1. The van der Waals surface area contributed by atoms with Gasteiger partial charge in [0.05, 0.1) is 5.71 Å². The van der Waals surface area contributed by atoms with Crippen LogP contribution in [0.15, 0.2) is 5.16 Å². The number of oxime groups is 1. The minimum absolute atomic E-state index is 0.135. The Labute approximate surface area is 87.5 Å². The first-order valence-corrected chi connectivity index (χ1v) is 5.98. The van der Waals surface area contributed by atoms with Gasteiger partial charge in [-0.05, 0) is 30.6 Å². The number of rotatable bonds is 1. The third-order valence-electron chi connectivity index (χ3n) is 4.63. The summed E-state index contributed by atoms with van der Waals surface area (Å²) in [4.78, 5) is 0. The normalized spacial score (nSPS) is 51.9. The molecule has 0 saturated heterocycles. The van der Waals surface area contributed by atoms with Gasteiger partial charge in [-0.25, -0.2) is 0 Å². The average Bonchev–Trinajstić information content (AvgIpc) is 2.51. The van der Waals surface area contributed by atoms with Gasteiger partial charge in [0.15, 0.2) is 0 Å². The van der Waals surface area contributed by atoms with Crippen molar-refractivity contribution in [2.75, 3.05) is 5.33 Å². The van der Waals surface area contributed by atoms with Crippen molar-refractivity contribution in [2.24, 2.45) is 21.9 Å². The molecule has 0 spiro atoms. The predicted octanol–water partition coefficient (Wildman–Crippen LogP) is 3.04. The van der Waals surface area contributed by atoms with E-state index in [9.17, 15) is 0 Å². The van der Waals surface area contributed by atoms with E-state index in [0.29, 0.717) is 11.3 Å². The lowest BCUT2D eigenvalue weighted by Gasteiger charge is -2.36. The third kappa shape index (κ3) is 0.915. The molecule has 0 aromatic carbocycles. The van der Waals surface area contributed by atoms with E-state index in [4.69, 9.17) is 5.21 Å². The zero-order valence-electron chi connectivity index (χ0n) is 8.18. The van der Waals surface area contributed by atoms with Crippen molar-refractivity contribution in [2.45, 2.75) is 33.1 Å². The molecule has 0 amide bonds. The van der Waals surface area contributed by atoms with Crippen LogP contribution in [-0.2, 0) is 0 Å². The summed E-state index contributed by atoms with van der Waals surface area (Å²) in [6.45, 7) is 4.56. The smallest absolute Gasteiger partial charge is 0.0638 e. The van der Waals surface area contributed by atoms with Crippen molar-refractivity contribution in [3.63, 3.8) is 0 Å². The summed E-state index contributed by atoms with van der Waals surface area (Å²) >= 11 is 3.61. The van der Waals surface area contributed by atoms with Gasteiger partial charge in [-0.2, -0.15) is 0 Å². The summed E-state index contributed by atoms with van der Waals surface area (Å²) in [5.41, 5.74) is 1.45. The van der Waals surface area contributed by atoms with Crippen molar-refractivity contribution in [3.05, 3.63) is 0 Å². The molecule has 0 radical (unpaired) electrons. The molecule has 74 valence electrons. The molecule has 2 bridgehead atoms. The van der Waals surface area contributed by atoms with E-state index < -0.39 is 0 Å². The highest BCUT2D eigenvalue weighted by molar-refractivity contribution is 9.09. The Morgan fingerprint density at radius 1 is 1.62 bits per heavy atom. The fraction of sp³-hybridized carbons (Fsp3) is 0.900. The van der Waals surface area contributed by atoms with E-state index in [1.165, 1.54) is 12.8 Å². The van der Waals surface area contributed by atoms with Gasteiger partial charge in [0.2, 0.25) is 0 Å². The summed E-state index contributed by atoms with van der Waals surface area (Å²) in [5.74, 6) is 0.711. The van der Waals surface area contributed by atoms with Crippen molar-refractivity contribution in [3.8, 4) is 0 Å². The summed E-state index contributed by atoms with van der Waals surface area (Å²) in [6, 6.07) is 0. The van der Waals surface area contributed by atoms with Crippen LogP contribution in [0.3, 0.4) is 0 Å². The maximum absolute atomic E-state index is 8.95. The lowest BCUT2D eigenvalue weighted by Crippen LogP contribution is -2.36. The Bertz CT molecular complexity index is 266. The molecule has 2 aliphatic rings. The van der Waals surface area contributed by atoms with Crippen LogP contribution < -0.4 is 0 Å². The molecule has 2 nitrogen and oxygen atoms in total. The zero-order chi connectivity index (χ0) is 9.69. The molecular weight excluding hydrogens is 230 g/mol. The quantitative estimate of drug-likeness (QED) is 0.430. The van der Waals surface area contributed by atoms with Gasteiger partial charge in [0, 0.05) is 10.7 Å². The molecule has 0 heterocycles. The molecule has 3 heteroatoms. The number of hydrogen-bond acceptors (Lipinski definition) is 2. The predicted molar refractivity (Wildman–Crippen MR) is 56.6 cm³/mol. The first-order valence-electron chi connectivity index (χ1n) is 4.86. The fourth-order valence-electron chi connectivity index (χ4n) is 3.19. The Hall–Kier alpha value is -0.0500. The number of halogens is 1. The number of fused-ring (bicyclic) bond motifs is 2.